The molecule has 0 spiro atoms. The molecular formula is C16H21NO3S. The zero-order chi connectivity index (χ0) is 15.1. The van der Waals surface area contributed by atoms with Gasteiger partial charge in [0.25, 0.3) is 0 Å². The van der Waals surface area contributed by atoms with Crippen LogP contribution in [-0.2, 0) is 0 Å². The molecule has 114 valence electrons. The number of hydrogen-bond acceptors (Lipinski definition) is 5. The third kappa shape index (κ3) is 5.04. The summed E-state index contributed by atoms with van der Waals surface area (Å²) in [4.78, 5) is 1.26. The molecule has 2 atom stereocenters. The molecule has 0 saturated heterocycles. The Hall–Kier alpha value is -1.56. The Morgan fingerprint density at radius 2 is 2.05 bits per heavy atom. The Kier molecular flexibility index (Phi) is 6.04. The lowest BCUT2D eigenvalue weighted by atomic mass is 10.2. The molecule has 0 saturated carbocycles. The number of ether oxygens (including phenoxy) is 2. The molecule has 0 radical (unpaired) electrons. The van der Waals surface area contributed by atoms with Crippen LogP contribution in [0.25, 0.3) is 0 Å². The van der Waals surface area contributed by atoms with Crippen LogP contribution in [0.15, 0.2) is 41.8 Å². The summed E-state index contributed by atoms with van der Waals surface area (Å²) < 4.78 is 10.7. The Morgan fingerprint density at radius 1 is 1.24 bits per heavy atom. The largest absolute Gasteiger partial charge is 0.497 e. The molecule has 0 aliphatic heterocycles. The summed E-state index contributed by atoms with van der Waals surface area (Å²) in [5.41, 5.74) is 0. The van der Waals surface area contributed by atoms with Gasteiger partial charge in [0, 0.05) is 23.5 Å². The highest BCUT2D eigenvalue weighted by molar-refractivity contribution is 7.10. The lowest BCUT2D eigenvalue weighted by molar-refractivity contribution is 0.104. The summed E-state index contributed by atoms with van der Waals surface area (Å²) >= 11 is 1.71. The Labute approximate surface area is 129 Å². The Balaban J connectivity index is 1.73. The highest BCUT2D eigenvalue weighted by atomic mass is 32.1. The van der Waals surface area contributed by atoms with Crippen molar-refractivity contribution in [2.24, 2.45) is 0 Å². The molecule has 21 heavy (non-hydrogen) atoms. The van der Waals surface area contributed by atoms with Gasteiger partial charge in [-0.25, -0.2) is 0 Å². The SMILES string of the molecule is COc1cccc(OCC(O)CN[C@H](C)c2cccs2)c1. The van der Waals surface area contributed by atoms with Crippen LogP contribution in [0.1, 0.15) is 17.8 Å². The van der Waals surface area contributed by atoms with E-state index in [1.807, 2.05) is 24.3 Å². The minimum Gasteiger partial charge on any atom is -0.497 e. The first-order valence-corrected chi connectivity index (χ1v) is 7.78. The molecule has 2 N–H and O–H groups in total. The first-order chi connectivity index (χ1) is 10.2. The third-order valence-electron chi connectivity index (χ3n) is 3.11. The molecule has 0 amide bonds. The summed E-state index contributed by atoms with van der Waals surface area (Å²) in [7, 11) is 1.61. The number of hydrogen-bond donors (Lipinski definition) is 2. The standard InChI is InChI=1S/C16H21NO3S/c1-12(16-7-4-8-21-16)17-10-13(18)11-20-15-6-3-5-14(9-15)19-2/h3-9,12-13,17-18H,10-11H2,1-2H3/t12-,13?/m1/s1. The summed E-state index contributed by atoms with van der Waals surface area (Å²) in [6.45, 7) is 2.82. The van der Waals surface area contributed by atoms with Crippen molar-refractivity contribution < 1.29 is 14.6 Å². The number of rotatable bonds is 8. The predicted molar refractivity (Wildman–Crippen MR) is 85.2 cm³/mol. The van der Waals surface area contributed by atoms with Gasteiger partial charge in [-0.1, -0.05) is 12.1 Å². The summed E-state index contributed by atoms with van der Waals surface area (Å²) in [5, 5.41) is 15.3. The first kappa shape index (κ1) is 15.8. The zero-order valence-electron chi connectivity index (χ0n) is 12.3. The maximum atomic E-state index is 9.97. The van der Waals surface area contributed by atoms with Gasteiger partial charge in [-0.05, 0) is 30.5 Å². The van der Waals surface area contributed by atoms with Gasteiger partial charge in [-0.2, -0.15) is 0 Å². The number of nitrogens with one attached hydrogen (secondary N) is 1. The van der Waals surface area contributed by atoms with Crippen molar-refractivity contribution in [2.45, 2.75) is 19.1 Å². The molecule has 0 aliphatic rings. The van der Waals surface area contributed by atoms with Crippen LogP contribution in [0.5, 0.6) is 11.5 Å². The van der Waals surface area contributed by atoms with Crippen LogP contribution in [0.2, 0.25) is 0 Å². The third-order valence-corrected chi connectivity index (χ3v) is 4.17. The fourth-order valence-electron chi connectivity index (χ4n) is 1.89. The molecule has 0 fully saturated rings. The minimum atomic E-state index is -0.557. The lowest BCUT2D eigenvalue weighted by Crippen LogP contribution is -2.32. The average molecular weight is 307 g/mol. The van der Waals surface area contributed by atoms with Gasteiger partial charge in [0.1, 0.15) is 24.2 Å². The van der Waals surface area contributed by atoms with Crippen LogP contribution in [0.3, 0.4) is 0 Å². The van der Waals surface area contributed by atoms with Crippen molar-refractivity contribution in [3.8, 4) is 11.5 Å². The van der Waals surface area contributed by atoms with Crippen LogP contribution in [-0.4, -0.2) is 31.5 Å². The van der Waals surface area contributed by atoms with Crippen molar-refractivity contribution in [3.63, 3.8) is 0 Å². The van der Waals surface area contributed by atoms with Crippen molar-refractivity contribution in [3.05, 3.63) is 46.7 Å². The lowest BCUT2D eigenvalue weighted by Gasteiger charge is -2.17. The van der Waals surface area contributed by atoms with E-state index in [0.29, 0.717) is 12.3 Å². The van der Waals surface area contributed by atoms with Gasteiger partial charge in [0.05, 0.1) is 7.11 Å². The Bertz CT molecular complexity index is 530. The molecule has 0 aliphatic carbocycles. The molecule has 1 heterocycles. The monoisotopic (exact) mass is 307 g/mol. The maximum Gasteiger partial charge on any atom is 0.123 e. The van der Waals surface area contributed by atoms with Crippen LogP contribution in [0.4, 0.5) is 0 Å². The Morgan fingerprint density at radius 3 is 2.76 bits per heavy atom. The highest BCUT2D eigenvalue weighted by Crippen LogP contribution is 2.19. The molecule has 2 aromatic rings. The fourth-order valence-corrected chi connectivity index (χ4v) is 2.65. The van der Waals surface area contributed by atoms with Crippen molar-refractivity contribution in [1.82, 2.24) is 5.32 Å². The van der Waals surface area contributed by atoms with Gasteiger partial charge in [-0.3, -0.25) is 0 Å². The highest BCUT2D eigenvalue weighted by Gasteiger charge is 2.10. The molecule has 1 aromatic heterocycles. The first-order valence-electron chi connectivity index (χ1n) is 6.90. The summed E-state index contributed by atoms with van der Waals surface area (Å²) in [6.07, 6.45) is -0.557. The fraction of sp³-hybridized carbons (Fsp3) is 0.375. The van der Waals surface area contributed by atoms with Crippen LogP contribution < -0.4 is 14.8 Å². The molecule has 5 heteroatoms. The molecule has 1 unspecified atom stereocenters. The van der Waals surface area contributed by atoms with E-state index in [1.54, 1.807) is 24.5 Å². The van der Waals surface area contributed by atoms with E-state index in [0.717, 1.165) is 5.75 Å². The maximum absolute atomic E-state index is 9.97. The van der Waals surface area contributed by atoms with E-state index in [2.05, 4.69) is 23.7 Å². The normalized spacial score (nSPS) is 13.7. The smallest absolute Gasteiger partial charge is 0.123 e. The average Bonchev–Trinajstić information content (AvgIpc) is 3.05. The molecule has 2 rings (SSSR count). The van der Waals surface area contributed by atoms with E-state index >= 15 is 0 Å². The minimum absolute atomic E-state index is 0.233. The molecular weight excluding hydrogens is 286 g/mol. The summed E-state index contributed by atoms with van der Waals surface area (Å²) in [5.74, 6) is 1.44. The van der Waals surface area contributed by atoms with E-state index in [1.165, 1.54) is 4.88 Å². The molecule has 4 nitrogen and oxygen atoms in total. The van der Waals surface area contributed by atoms with E-state index < -0.39 is 6.10 Å². The van der Waals surface area contributed by atoms with E-state index in [-0.39, 0.29) is 12.6 Å². The molecule has 0 bridgehead atoms. The van der Waals surface area contributed by atoms with Gasteiger partial charge >= 0.3 is 0 Å². The predicted octanol–water partition coefficient (Wildman–Crippen LogP) is 2.85. The van der Waals surface area contributed by atoms with Gasteiger partial charge < -0.3 is 19.9 Å². The summed E-state index contributed by atoms with van der Waals surface area (Å²) in [6, 6.07) is 11.7. The topological polar surface area (TPSA) is 50.7 Å². The van der Waals surface area contributed by atoms with Crippen molar-refractivity contribution in [2.75, 3.05) is 20.3 Å². The van der Waals surface area contributed by atoms with Crippen molar-refractivity contribution in [1.29, 1.82) is 0 Å². The van der Waals surface area contributed by atoms with Crippen LogP contribution in [0, 0.1) is 0 Å². The number of methoxy groups -OCH3 is 1. The second-order valence-electron chi connectivity index (χ2n) is 4.79. The number of aliphatic hydroxyl groups is 1. The van der Waals surface area contributed by atoms with E-state index in [4.69, 9.17) is 9.47 Å². The second kappa shape index (κ2) is 8.02. The van der Waals surface area contributed by atoms with Gasteiger partial charge in [-0.15, -0.1) is 11.3 Å². The number of benzene rings is 1. The van der Waals surface area contributed by atoms with Gasteiger partial charge in [0.15, 0.2) is 0 Å². The molecule has 1 aromatic carbocycles. The quantitative estimate of drug-likeness (QED) is 0.787. The van der Waals surface area contributed by atoms with Crippen molar-refractivity contribution >= 4 is 11.3 Å². The number of thiophene rings is 1. The van der Waals surface area contributed by atoms with Crippen LogP contribution >= 0.6 is 11.3 Å². The zero-order valence-corrected chi connectivity index (χ0v) is 13.1. The second-order valence-corrected chi connectivity index (χ2v) is 5.77. The van der Waals surface area contributed by atoms with Gasteiger partial charge in [0.2, 0.25) is 0 Å². The number of aliphatic hydroxyl groups excluding tert-OH is 1. The van der Waals surface area contributed by atoms with E-state index in [9.17, 15) is 5.11 Å².